The van der Waals surface area contributed by atoms with Crippen molar-refractivity contribution in [3.05, 3.63) is 45.8 Å². The number of nitro groups is 1. The van der Waals surface area contributed by atoms with E-state index < -0.39 is 4.92 Å². The first-order valence-corrected chi connectivity index (χ1v) is 5.51. The van der Waals surface area contributed by atoms with Crippen LogP contribution in [0.2, 0.25) is 0 Å². The molecule has 2 aromatic rings. The second-order valence-electron chi connectivity index (χ2n) is 3.59. The van der Waals surface area contributed by atoms with E-state index in [0.29, 0.717) is 11.7 Å². The summed E-state index contributed by atoms with van der Waals surface area (Å²) in [6, 6.07) is 6.23. The Balaban J connectivity index is 2.36. The number of non-ortho nitro benzene ring substituents is 1. The van der Waals surface area contributed by atoms with E-state index in [9.17, 15) is 10.1 Å². The molecule has 0 unspecified atom stereocenters. The van der Waals surface area contributed by atoms with Crippen molar-refractivity contribution >= 4 is 17.3 Å². The molecule has 0 atom stereocenters. The third-order valence-corrected chi connectivity index (χ3v) is 2.72. The van der Waals surface area contributed by atoms with Crippen LogP contribution in [-0.2, 0) is 5.88 Å². The summed E-state index contributed by atoms with van der Waals surface area (Å²) in [6.45, 7) is 1.89. The normalized spacial score (nSPS) is 10.5. The van der Waals surface area contributed by atoms with Crippen LogP contribution in [0.15, 0.2) is 24.3 Å². The molecule has 0 saturated heterocycles. The van der Waals surface area contributed by atoms with Crippen LogP contribution < -0.4 is 0 Å². The fraction of sp³-hybridized carbons (Fsp3) is 0.182. The molecule has 1 aromatic heterocycles. The predicted molar refractivity (Wildman–Crippen MR) is 65.0 cm³/mol. The number of hydrogen-bond acceptors (Lipinski definition) is 3. The molecule has 0 bridgehead atoms. The fourth-order valence-corrected chi connectivity index (χ4v) is 1.76. The topological polar surface area (TPSA) is 71.8 Å². The highest BCUT2D eigenvalue weighted by Crippen LogP contribution is 2.21. The molecule has 17 heavy (non-hydrogen) atoms. The van der Waals surface area contributed by atoms with Gasteiger partial charge in [0.15, 0.2) is 0 Å². The van der Waals surface area contributed by atoms with Gasteiger partial charge in [0.1, 0.15) is 5.82 Å². The molecule has 0 spiro atoms. The van der Waals surface area contributed by atoms with Crippen molar-refractivity contribution in [1.82, 2.24) is 9.97 Å². The number of hydrogen-bond donors (Lipinski definition) is 1. The molecular weight excluding hydrogens is 242 g/mol. The number of benzene rings is 1. The van der Waals surface area contributed by atoms with Crippen molar-refractivity contribution in [3.8, 4) is 11.4 Å². The van der Waals surface area contributed by atoms with E-state index >= 15 is 0 Å². The van der Waals surface area contributed by atoms with E-state index in [4.69, 9.17) is 11.6 Å². The lowest BCUT2D eigenvalue weighted by molar-refractivity contribution is -0.384. The average Bonchev–Trinajstić information content (AvgIpc) is 2.70. The van der Waals surface area contributed by atoms with E-state index in [-0.39, 0.29) is 5.69 Å². The first kappa shape index (κ1) is 11.6. The molecule has 0 amide bonds. The van der Waals surface area contributed by atoms with Crippen LogP contribution in [0.3, 0.4) is 0 Å². The van der Waals surface area contributed by atoms with Gasteiger partial charge >= 0.3 is 0 Å². The van der Waals surface area contributed by atoms with Gasteiger partial charge in [-0.25, -0.2) is 4.98 Å². The van der Waals surface area contributed by atoms with E-state index in [0.717, 1.165) is 17.0 Å². The number of nitro benzene ring substituents is 1. The molecule has 1 aromatic carbocycles. The third kappa shape index (κ3) is 2.29. The Hall–Kier alpha value is -1.88. The number of aromatic nitrogens is 2. The molecular formula is C11H10ClN3O2. The summed E-state index contributed by atoms with van der Waals surface area (Å²) in [7, 11) is 0. The summed E-state index contributed by atoms with van der Waals surface area (Å²) in [5.41, 5.74) is 2.57. The predicted octanol–water partition coefficient (Wildman–Crippen LogP) is 3.03. The minimum absolute atomic E-state index is 0.0644. The Bertz CT molecular complexity index is 548. The van der Waals surface area contributed by atoms with E-state index in [1.54, 1.807) is 12.1 Å². The minimum Gasteiger partial charge on any atom is -0.342 e. The van der Waals surface area contributed by atoms with E-state index in [1.807, 2.05) is 6.92 Å². The van der Waals surface area contributed by atoms with Crippen LogP contribution in [0, 0.1) is 17.0 Å². The Morgan fingerprint density at radius 2 is 2.06 bits per heavy atom. The standard InChI is InChI=1S/C11H10ClN3O2/c1-7-10(6-12)14-11(13-7)8-2-4-9(5-3-8)15(16)17/h2-5H,6H2,1H3,(H,13,14). The van der Waals surface area contributed by atoms with E-state index in [2.05, 4.69) is 9.97 Å². The maximum atomic E-state index is 10.5. The molecule has 1 N–H and O–H groups in total. The number of alkyl halides is 1. The number of aryl methyl sites for hydroxylation is 1. The molecule has 5 nitrogen and oxygen atoms in total. The summed E-state index contributed by atoms with van der Waals surface area (Å²) in [4.78, 5) is 17.5. The third-order valence-electron chi connectivity index (χ3n) is 2.46. The summed E-state index contributed by atoms with van der Waals surface area (Å²) >= 11 is 5.73. The van der Waals surface area contributed by atoms with Crippen molar-refractivity contribution in [3.63, 3.8) is 0 Å². The molecule has 0 saturated carbocycles. The van der Waals surface area contributed by atoms with Crippen molar-refractivity contribution in [1.29, 1.82) is 0 Å². The summed E-state index contributed by atoms with van der Waals surface area (Å²) in [5, 5.41) is 10.5. The SMILES string of the molecule is Cc1[nH]c(-c2ccc([N+](=O)[O-])cc2)nc1CCl. The molecule has 0 aliphatic heterocycles. The maximum absolute atomic E-state index is 10.5. The van der Waals surface area contributed by atoms with Gasteiger partial charge in [-0.15, -0.1) is 11.6 Å². The number of halogens is 1. The smallest absolute Gasteiger partial charge is 0.269 e. The van der Waals surface area contributed by atoms with Crippen molar-refractivity contribution in [2.75, 3.05) is 0 Å². The number of aromatic amines is 1. The Labute approximate surface area is 103 Å². The van der Waals surface area contributed by atoms with Gasteiger partial charge in [-0.1, -0.05) is 0 Å². The maximum Gasteiger partial charge on any atom is 0.269 e. The molecule has 1 heterocycles. The zero-order chi connectivity index (χ0) is 12.4. The zero-order valence-corrected chi connectivity index (χ0v) is 9.86. The molecule has 0 aliphatic rings. The molecule has 88 valence electrons. The van der Waals surface area contributed by atoms with Crippen LogP contribution in [0.25, 0.3) is 11.4 Å². The Kier molecular flexibility index (Phi) is 3.10. The number of imidazole rings is 1. The summed E-state index contributed by atoms with van der Waals surface area (Å²) in [5.74, 6) is 1.02. The average molecular weight is 252 g/mol. The lowest BCUT2D eigenvalue weighted by atomic mass is 10.2. The van der Waals surface area contributed by atoms with Crippen molar-refractivity contribution in [2.45, 2.75) is 12.8 Å². The number of H-pyrrole nitrogens is 1. The Morgan fingerprint density at radius 1 is 1.41 bits per heavy atom. The highest BCUT2D eigenvalue weighted by molar-refractivity contribution is 6.17. The summed E-state index contributed by atoms with van der Waals surface area (Å²) < 4.78 is 0. The van der Waals surface area contributed by atoms with Crippen molar-refractivity contribution in [2.24, 2.45) is 0 Å². The van der Waals surface area contributed by atoms with Gasteiger partial charge in [0.25, 0.3) is 5.69 Å². The second-order valence-corrected chi connectivity index (χ2v) is 3.86. The van der Waals surface area contributed by atoms with Crippen LogP contribution in [-0.4, -0.2) is 14.9 Å². The van der Waals surface area contributed by atoms with Crippen LogP contribution in [0.4, 0.5) is 5.69 Å². The lowest BCUT2D eigenvalue weighted by Gasteiger charge is -1.96. The van der Waals surface area contributed by atoms with Crippen LogP contribution in [0.5, 0.6) is 0 Å². The van der Waals surface area contributed by atoms with Gasteiger partial charge in [0.05, 0.1) is 16.5 Å². The lowest BCUT2D eigenvalue weighted by Crippen LogP contribution is -1.87. The largest absolute Gasteiger partial charge is 0.342 e. The van der Waals surface area contributed by atoms with Gasteiger partial charge in [0.2, 0.25) is 0 Å². The Morgan fingerprint density at radius 3 is 2.53 bits per heavy atom. The highest BCUT2D eigenvalue weighted by atomic mass is 35.5. The first-order chi connectivity index (χ1) is 8.11. The molecule has 0 radical (unpaired) electrons. The number of rotatable bonds is 3. The number of nitrogens with one attached hydrogen (secondary N) is 1. The quantitative estimate of drug-likeness (QED) is 0.518. The van der Waals surface area contributed by atoms with Crippen LogP contribution in [0.1, 0.15) is 11.4 Å². The van der Waals surface area contributed by atoms with Gasteiger partial charge in [-0.3, -0.25) is 10.1 Å². The fourth-order valence-electron chi connectivity index (χ4n) is 1.50. The minimum atomic E-state index is -0.429. The molecule has 2 rings (SSSR count). The van der Waals surface area contributed by atoms with Crippen molar-refractivity contribution < 1.29 is 4.92 Å². The van der Waals surface area contributed by atoms with Crippen LogP contribution >= 0.6 is 11.6 Å². The number of nitrogens with zero attached hydrogens (tertiary/aromatic N) is 2. The molecule has 0 aliphatic carbocycles. The molecule has 6 heteroatoms. The molecule has 0 fully saturated rings. The second kappa shape index (κ2) is 4.55. The zero-order valence-electron chi connectivity index (χ0n) is 9.11. The van der Waals surface area contributed by atoms with Gasteiger partial charge in [-0.2, -0.15) is 0 Å². The monoisotopic (exact) mass is 251 g/mol. The van der Waals surface area contributed by atoms with Gasteiger partial charge in [0, 0.05) is 23.4 Å². The highest BCUT2D eigenvalue weighted by Gasteiger charge is 2.09. The van der Waals surface area contributed by atoms with Gasteiger partial charge in [-0.05, 0) is 19.1 Å². The van der Waals surface area contributed by atoms with E-state index in [1.165, 1.54) is 12.1 Å². The first-order valence-electron chi connectivity index (χ1n) is 4.98. The summed E-state index contributed by atoms with van der Waals surface area (Å²) in [6.07, 6.45) is 0. The van der Waals surface area contributed by atoms with Gasteiger partial charge < -0.3 is 4.98 Å².